The Bertz CT molecular complexity index is 2890. The summed E-state index contributed by atoms with van der Waals surface area (Å²) in [6, 6.07) is 15.3. The topological polar surface area (TPSA) is 367 Å². The first-order valence-corrected chi connectivity index (χ1v) is 29.1. The molecule has 5 amide bonds. The molecule has 88 heavy (non-hydrogen) atoms. The van der Waals surface area contributed by atoms with Crippen LogP contribution in [0.15, 0.2) is 91.0 Å². The van der Waals surface area contributed by atoms with Gasteiger partial charge in [0.25, 0.3) is 29.5 Å². The van der Waals surface area contributed by atoms with Gasteiger partial charge < -0.3 is 65.8 Å². The molecule has 0 aliphatic carbocycles. The molecule has 3 rings (SSSR count). The first-order chi connectivity index (χ1) is 41.2. The molecule has 0 spiro atoms. The van der Waals surface area contributed by atoms with Crippen LogP contribution >= 0.6 is 0 Å². The highest BCUT2D eigenvalue weighted by atomic mass is 16.6. The Morgan fingerprint density at radius 2 is 0.523 bits per heavy atom. The monoisotopic (exact) mass is 1230 g/mol. The molecule has 0 bridgehead atoms. The van der Waals surface area contributed by atoms with Crippen molar-refractivity contribution < 1.29 is 91.1 Å². The third-order valence-electron chi connectivity index (χ3n) is 13.8. The number of carboxylic acids is 1. The van der Waals surface area contributed by atoms with Crippen molar-refractivity contribution in [3.8, 4) is 0 Å². The minimum atomic E-state index is -1.75. The van der Waals surface area contributed by atoms with Gasteiger partial charge in [-0.05, 0) is 56.3 Å². The lowest BCUT2D eigenvalue weighted by Gasteiger charge is -2.29. The predicted molar refractivity (Wildman–Crippen MR) is 317 cm³/mol. The van der Waals surface area contributed by atoms with Crippen molar-refractivity contribution >= 4 is 71.3 Å². The highest BCUT2D eigenvalue weighted by molar-refractivity contribution is 5.95. The zero-order valence-electron chi connectivity index (χ0n) is 52.4. The summed E-state index contributed by atoms with van der Waals surface area (Å²) >= 11 is 0. The third kappa shape index (κ3) is 21.9. The zero-order valence-corrected chi connectivity index (χ0v) is 52.4. The van der Waals surface area contributed by atoms with E-state index in [1.165, 1.54) is 38.1 Å². The van der Waals surface area contributed by atoms with Crippen molar-refractivity contribution in [3.05, 3.63) is 108 Å². The number of hydrogen-bond donors (Lipinski definition) is 7. The lowest BCUT2D eigenvalue weighted by atomic mass is 10.0. The number of carbonyl (C=O) groups excluding carboxylic acids is 11. The van der Waals surface area contributed by atoms with E-state index in [0.717, 1.165) is 6.92 Å². The van der Waals surface area contributed by atoms with E-state index in [4.69, 9.17) is 34.2 Å². The lowest BCUT2D eigenvalue weighted by Crippen LogP contribution is -2.53. The van der Waals surface area contributed by atoms with Gasteiger partial charge in [-0.15, -0.1) is 0 Å². The molecule has 0 aliphatic rings. The van der Waals surface area contributed by atoms with Gasteiger partial charge in [0, 0.05) is 16.7 Å². The number of nitrogens with one attached hydrogen (secondary N) is 5. The molecule has 8 N–H and O–H groups in total. The summed E-state index contributed by atoms with van der Waals surface area (Å²) in [5.74, 6) is -16.1. The largest absolute Gasteiger partial charge is 0.479 e. The molecule has 0 fully saturated rings. The predicted octanol–water partition coefficient (Wildman–Crippen LogP) is 4.41. The fourth-order valence-corrected chi connectivity index (χ4v) is 8.17. The van der Waals surface area contributed by atoms with Gasteiger partial charge in [0.15, 0.2) is 18.3 Å². The van der Waals surface area contributed by atoms with Gasteiger partial charge >= 0.3 is 41.8 Å². The van der Waals surface area contributed by atoms with E-state index >= 15 is 0 Å². The van der Waals surface area contributed by atoms with E-state index in [9.17, 15) is 62.6 Å². The molecule has 0 unspecified atom stereocenters. The summed E-state index contributed by atoms with van der Waals surface area (Å²) in [6.45, 7) is 22.8. The number of esters is 6. The Morgan fingerprint density at radius 1 is 0.307 bits per heavy atom. The quantitative estimate of drug-likeness (QED) is 0.0336. The molecule has 0 aliphatic heterocycles. The highest BCUT2D eigenvalue weighted by Gasteiger charge is 2.41. The lowest BCUT2D eigenvalue weighted by molar-refractivity contribution is -0.167. The summed E-state index contributed by atoms with van der Waals surface area (Å²) < 4.78 is 33.2. The van der Waals surface area contributed by atoms with Crippen molar-refractivity contribution in [3.63, 3.8) is 0 Å². The van der Waals surface area contributed by atoms with Crippen LogP contribution in [0.2, 0.25) is 0 Å². The minimum Gasteiger partial charge on any atom is -0.479 e. The summed E-state index contributed by atoms with van der Waals surface area (Å²) in [4.78, 5) is 162. The van der Waals surface area contributed by atoms with Crippen LogP contribution in [0, 0.1) is 35.5 Å². The maximum absolute atomic E-state index is 14.3. The van der Waals surface area contributed by atoms with Crippen LogP contribution in [0.3, 0.4) is 0 Å². The van der Waals surface area contributed by atoms with Gasteiger partial charge in [0.1, 0.15) is 36.3 Å². The Balaban J connectivity index is 1.78. The summed E-state index contributed by atoms with van der Waals surface area (Å²) in [5.41, 5.74) is 6.63. The highest BCUT2D eigenvalue weighted by Crippen LogP contribution is 2.25. The molecule has 0 radical (unpaired) electrons. The Kier molecular flexibility index (Phi) is 28.9. The molecule has 0 saturated heterocycles. The maximum Gasteiger partial charge on any atom is 0.344 e. The van der Waals surface area contributed by atoms with E-state index in [1.807, 2.05) is 0 Å². The fraction of sp³-hybridized carbons (Fsp3) is 0.524. The van der Waals surface area contributed by atoms with Crippen LogP contribution < -0.4 is 32.3 Å². The number of benzene rings is 3. The van der Waals surface area contributed by atoms with E-state index in [1.54, 1.807) is 150 Å². The van der Waals surface area contributed by atoms with Crippen molar-refractivity contribution in [1.29, 1.82) is 0 Å². The Hall–Kier alpha value is -8.74. The summed E-state index contributed by atoms with van der Waals surface area (Å²) in [6.07, 6.45) is -9.67. The molecule has 482 valence electrons. The number of carbonyl (C=O) groups is 12. The first kappa shape index (κ1) is 73.5. The van der Waals surface area contributed by atoms with Crippen LogP contribution in [-0.2, 0) is 86.0 Å². The molecule has 25 heteroatoms. The Morgan fingerprint density at radius 3 is 0.750 bits per heavy atom. The van der Waals surface area contributed by atoms with Gasteiger partial charge in [0.2, 0.25) is 18.3 Å². The van der Waals surface area contributed by atoms with Crippen LogP contribution in [0.4, 0.5) is 0 Å². The van der Waals surface area contributed by atoms with Gasteiger partial charge in [-0.2, -0.15) is 0 Å². The zero-order chi connectivity index (χ0) is 66.4. The average molecular weight is 1230 g/mol. The second-order valence-electron chi connectivity index (χ2n) is 23.2. The van der Waals surface area contributed by atoms with Crippen molar-refractivity contribution in [2.24, 2.45) is 41.2 Å². The molecule has 3 aromatic carbocycles. The van der Waals surface area contributed by atoms with Crippen molar-refractivity contribution in [1.82, 2.24) is 26.6 Å². The molecule has 25 nitrogen and oxygen atoms in total. The smallest absolute Gasteiger partial charge is 0.344 e. The normalized spacial score (nSPS) is 15.5. The SMILES string of the molecule is CC(C)[C@H](N)C(=O)O[C@@H](C(=O)N[C@@H](C(=O)O[C@@H](C)C(=O)N[C@H](C(=O)O[C@@H](C(=O)N[C@@H](C(=O)O[C@@H](C)C(=O)N[C@H](C(=O)O[C@@H](C(=O)N[C@@H](C(=O)O[C@@H](C)C(=O)O)C(C)C)c1ccccc1)C(C)C)C(C)C)c1ccccc1)C(C)C)C(C)C)c1ccccc1. The second-order valence-corrected chi connectivity index (χ2v) is 23.2. The molecule has 0 heterocycles. The van der Waals surface area contributed by atoms with Gasteiger partial charge in [-0.3, -0.25) is 28.8 Å². The van der Waals surface area contributed by atoms with Gasteiger partial charge in [-0.25, -0.2) is 28.8 Å². The summed E-state index contributed by atoms with van der Waals surface area (Å²) in [5, 5.41) is 21.9. The maximum atomic E-state index is 14.3. The number of aliphatic carboxylic acids is 1. The molecule has 12 atom stereocenters. The fourth-order valence-electron chi connectivity index (χ4n) is 8.17. The van der Waals surface area contributed by atoms with Gasteiger partial charge in [0.05, 0.1) is 0 Å². The van der Waals surface area contributed by atoms with Crippen LogP contribution in [0.25, 0.3) is 0 Å². The number of carboxylic acid groups (broad SMARTS) is 1. The van der Waals surface area contributed by atoms with E-state index in [-0.39, 0.29) is 17.0 Å². The van der Waals surface area contributed by atoms with Crippen LogP contribution in [0.1, 0.15) is 139 Å². The molecular weight excluding hydrogens is 1140 g/mol. The standard InChI is InChI=1S/C63H86N6O19/c1-31(2)43(64)58(77)86-49(40-25-19-16-20-26-40)54(72)67-44(32(3)4)59(78)83-37(13)52(70)65-47(35(9)10)62(81)87-50(41-27-21-17-22-28-41)55(73)68-45(33(5)6)60(79)84-38(14)53(71)66-48(36(11)12)63(82)88-51(42-29-23-18-24-30-42)56(74)69-46(34(7)8)61(80)85-39(15)57(75)76/h16-39,43-51H,64H2,1-15H3,(H,65,70)(H,66,71)(H,67,72)(H,68,73)(H,69,74)(H,75,76)/t37-,38-,39-,43-,44+,45+,46+,47-,48-,49+,50+,51+/m0/s1. The van der Waals surface area contributed by atoms with E-state index in [2.05, 4.69) is 26.6 Å². The second kappa shape index (κ2) is 34.6. The van der Waals surface area contributed by atoms with Crippen LogP contribution in [0.5, 0.6) is 0 Å². The minimum absolute atomic E-state index is 0.146. The van der Waals surface area contributed by atoms with E-state index in [0.29, 0.717) is 5.56 Å². The molecular formula is C63H86N6O19. The van der Waals surface area contributed by atoms with E-state index < -0.39 is 174 Å². The van der Waals surface area contributed by atoms with Gasteiger partial charge in [-0.1, -0.05) is 174 Å². The van der Waals surface area contributed by atoms with Crippen LogP contribution in [-0.4, -0.2) is 131 Å². The third-order valence-corrected chi connectivity index (χ3v) is 13.8. The summed E-state index contributed by atoms with van der Waals surface area (Å²) in [7, 11) is 0. The number of hydrogen-bond acceptors (Lipinski definition) is 19. The molecule has 0 aromatic heterocycles. The van der Waals surface area contributed by atoms with Crippen molar-refractivity contribution in [2.75, 3.05) is 0 Å². The Labute approximate surface area is 512 Å². The molecule has 0 saturated carbocycles. The first-order valence-electron chi connectivity index (χ1n) is 29.1. The number of nitrogens with two attached hydrogens (primary N) is 1. The molecule has 3 aromatic rings. The number of ether oxygens (including phenoxy) is 6. The number of amides is 5. The number of rotatable bonds is 32. The average Bonchev–Trinajstić information content (AvgIpc) is 3.63. The van der Waals surface area contributed by atoms with Crippen molar-refractivity contribution in [2.45, 2.75) is 177 Å².